The van der Waals surface area contributed by atoms with Crippen LogP contribution in [0.2, 0.25) is 0 Å². The summed E-state index contributed by atoms with van der Waals surface area (Å²) in [6, 6.07) is 7.20. The Labute approximate surface area is 117 Å². The number of benzene rings is 1. The highest BCUT2D eigenvalue weighted by atomic mass is 16.4. The van der Waals surface area contributed by atoms with Crippen molar-refractivity contribution in [2.75, 3.05) is 0 Å². The lowest BCUT2D eigenvalue weighted by atomic mass is 9.94. The second-order valence-electron chi connectivity index (χ2n) is 4.79. The number of carbonyl (C=O) groups is 2. The van der Waals surface area contributed by atoms with Crippen molar-refractivity contribution in [1.82, 2.24) is 5.32 Å². The number of aliphatic hydroxyl groups is 1. The number of amides is 1. The molecule has 0 aromatic heterocycles. The normalized spacial score (nSPS) is 16.8. The van der Waals surface area contributed by atoms with E-state index in [0.29, 0.717) is 0 Å². The Hall–Kier alpha value is -1.92. The van der Waals surface area contributed by atoms with Gasteiger partial charge >= 0.3 is 5.97 Å². The van der Waals surface area contributed by atoms with Gasteiger partial charge in [0.2, 0.25) is 5.91 Å². The minimum absolute atomic E-state index is 0.505. The molecule has 0 aliphatic carbocycles. The lowest BCUT2D eigenvalue weighted by molar-refractivity contribution is -0.145. The second kappa shape index (κ2) is 7.02. The van der Waals surface area contributed by atoms with Gasteiger partial charge in [0.25, 0.3) is 0 Å². The number of carbonyl (C=O) groups excluding carboxylic acids is 1. The zero-order chi connectivity index (χ0) is 15.3. The van der Waals surface area contributed by atoms with E-state index in [9.17, 15) is 14.7 Å². The molecule has 0 aliphatic rings. The maximum Gasteiger partial charge on any atom is 0.328 e. The smallest absolute Gasteiger partial charge is 0.328 e. The molecule has 0 aliphatic heterocycles. The van der Waals surface area contributed by atoms with Crippen LogP contribution >= 0.6 is 0 Å². The predicted molar refractivity (Wildman–Crippen MR) is 73.8 cm³/mol. The fraction of sp³-hybridized carbons (Fsp3) is 0.429. The Morgan fingerprint density at radius 3 is 2.20 bits per heavy atom. The molecule has 1 amide bonds. The van der Waals surface area contributed by atoms with E-state index >= 15 is 0 Å². The van der Waals surface area contributed by atoms with Crippen molar-refractivity contribution < 1.29 is 19.8 Å². The van der Waals surface area contributed by atoms with Gasteiger partial charge in [-0.05, 0) is 12.5 Å². The summed E-state index contributed by atoms with van der Waals surface area (Å²) in [6.45, 7) is 2.93. The molecule has 0 heterocycles. The predicted octanol–water partition coefficient (Wildman–Crippen LogP) is 0.273. The lowest BCUT2D eigenvalue weighted by Gasteiger charge is -2.23. The number of aliphatic hydroxyl groups excluding tert-OH is 1. The van der Waals surface area contributed by atoms with Crippen LogP contribution < -0.4 is 11.1 Å². The highest BCUT2D eigenvalue weighted by Crippen LogP contribution is 2.19. The summed E-state index contributed by atoms with van der Waals surface area (Å²) >= 11 is 0. The van der Waals surface area contributed by atoms with E-state index in [-0.39, 0.29) is 0 Å². The quantitative estimate of drug-likeness (QED) is 0.597. The molecular weight excluding hydrogens is 260 g/mol. The minimum atomic E-state index is -1.34. The van der Waals surface area contributed by atoms with Gasteiger partial charge in [0, 0.05) is 6.04 Å². The molecule has 0 fully saturated rings. The van der Waals surface area contributed by atoms with Gasteiger partial charge < -0.3 is 21.3 Å². The van der Waals surface area contributed by atoms with E-state index < -0.39 is 36.0 Å². The van der Waals surface area contributed by atoms with Crippen LogP contribution in [0.1, 0.15) is 25.5 Å². The van der Waals surface area contributed by atoms with E-state index in [2.05, 4.69) is 5.32 Å². The molecule has 4 unspecified atom stereocenters. The third kappa shape index (κ3) is 4.04. The first kappa shape index (κ1) is 16.1. The van der Waals surface area contributed by atoms with Gasteiger partial charge in [-0.2, -0.15) is 0 Å². The van der Waals surface area contributed by atoms with Crippen molar-refractivity contribution in [3.8, 4) is 0 Å². The summed E-state index contributed by atoms with van der Waals surface area (Å²) in [5.74, 6) is -2.40. The molecule has 0 spiro atoms. The SMILES string of the molecule is CC(O)C(NC(=O)C(C)C(N)c1ccccc1)C(=O)O. The first-order chi connectivity index (χ1) is 9.34. The van der Waals surface area contributed by atoms with Gasteiger partial charge in [-0.3, -0.25) is 4.79 Å². The maximum absolute atomic E-state index is 12.0. The Balaban J connectivity index is 2.74. The molecule has 0 bridgehead atoms. The number of nitrogens with one attached hydrogen (secondary N) is 1. The van der Waals surface area contributed by atoms with Crippen LogP contribution in [-0.2, 0) is 9.59 Å². The van der Waals surface area contributed by atoms with Gasteiger partial charge in [0.05, 0.1) is 12.0 Å². The van der Waals surface area contributed by atoms with Crippen LogP contribution in [0, 0.1) is 5.92 Å². The number of hydrogen-bond acceptors (Lipinski definition) is 4. The number of carboxylic acid groups (broad SMARTS) is 1. The Kier molecular flexibility index (Phi) is 5.66. The molecule has 1 aromatic rings. The fourth-order valence-corrected chi connectivity index (χ4v) is 1.80. The molecule has 110 valence electrons. The maximum atomic E-state index is 12.0. The van der Waals surface area contributed by atoms with E-state index in [1.807, 2.05) is 18.2 Å². The zero-order valence-electron chi connectivity index (χ0n) is 11.5. The van der Waals surface area contributed by atoms with E-state index in [1.54, 1.807) is 19.1 Å². The standard InChI is InChI=1S/C14H20N2O4/c1-8(11(15)10-6-4-3-5-7-10)13(18)16-12(9(2)17)14(19)20/h3-9,11-12,17H,15H2,1-2H3,(H,16,18)(H,19,20). The van der Waals surface area contributed by atoms with E-state index in [4.69, 9.17) is 10.8 Å². The van der Waals surface area contributed by atoms with Crippen molar-refractivity contribution in [3.05, 3.63) is 35.9 Å². The molecule has 1 aromatic carbocycles. The molecule has 0 saturated heterocycles. The topological polar surface area (TPSA) is 113 Å². The fourth-order valence-electron chi connectivity index (χ4n) is 1.80. The zero-order valence-corrected chi connectivity index (χ0v) is 11.5. The third-order valence-corrected chi connectivity index (χ3v) is 3.18. The van der Waals surface area contributed by atoms with Crippen molar-refractivity contribution in [3.63, 3.8) is 0 Å². The van der Waals surface area contributed by atoms with Crippen LogP contribution in [0.25, 0.3) is 0 Å². The Morgan fingerprint density at radius 1 is 1.20 bits per heavy atom. The van der Waals surface area contributed by atoms with Crippen molar-refractivity contribution >= 4 is 11.9 Å². The number of rotatable bonds is 6. The summed E-state index contributed by atoms with van der Waals surface area (Å²) < 4.78 is 0. The van der Waals surface area contributed by atoms with Crippen LogP contribution in [0.3, 0.4) is 0 Å². The molecule has 5 N–H and O–H groups in total. The summed E-state index contributed by atoms with van der Waals surface area (Å²) in [5.41, 5.74) is 6.79. The molecule has 1 rings (SSSR count). The molecule has 20 heavy (non-hydrogen) atoms. The largest absolute Gasteiger partial charge is 0.480 e. The number of nitrogens with two attached hydrogens (primary N) is 1. The Morgan fingerprint density at radius 2 is 1.75 bits per heavy atom. The molecule has 6 heteroatoms. The third-order valence-electron chi connectivity index (χ3n) is 3.18. The van der Waals surface area contributed by atoms with Gasteiger partial charge in [0.1, 0.15) is 0 Å². The van der Waals surface area contributed by atoms with Gasteiger partial charge in [0.15, 0.2) is 6.04 Å². The average molecular weight is 280 g/mol. The molecule has 0 saturated carbocycles. The monoisotopic (exact) mass is 280 g/mol. The summed E-state index contributed by atoms with van der Waals surface area (Å²) in [5, 5.41) is 20.6. The highest BCUT2D eigenvalue weighted by molar-refractivity contribution is 5.85. The minimum Gasteiger partial charge on any atom is -0.480 e. The van der Waals surface area contributed by atoms with Gasteiger partial charge in [-0.15, -0.1) is 0 Å². The number of hydrogen-bond donors (Lipinski definition) is 4. The lowest BCUT2D eigenvalue weighted by Crippen LogP contribution is -2.50. The molecule has 6 nitrogen and oxygen atoms in total. The molecular formula is C14H20N2O4. The van der Waals surface area contributed by atoms with Crippen LogP contribution in [0.15, 0.2) is 30.3 Å². The van der Waals surface area contributed by atoms with Crippen LogP contribution in [-0.4, -0.2) is 34.2 Å². The summed E-state index contributed by atoms with van der Waals surface area (Å²) in [6.07, 6.45) is -1.18. The van der Waals surface area contributed by atoms with E-state index in [0.717, 1.165) is 5.56 Å². The first-order valence-corrected chi connectivity index (χ1v) is 6.36. The molecule has 4 atom stereocenters. The van der Waals surface area contributed by atoms with Crippen LogP contribution in [0.5, 0.6) is 0 Å². The molecule has 0 radical (unpaired) electrons. The van der Waals surface area contributed by atoms with Gasteiger partial charge in [-0.25, -0.2) is 4.79 Å². The highest BCUT2D eigenvalue weighted by Gasteiger charge is 2.29. The van der Waals surface area contributed by atoms with E-state index in [1.165, 1.54) is 6.92 Å². The van der Waals surface area contributed by atoms with Crippen molar-refractivity contribution in [2.45, 2.75) is 32.0 Å². The van der Waals surface area contributed by atoms with Crippen LogP contribution in [0.4, 0.5) is 0 Å². The summed E-state index contributed by atoms with van der Waals surface area (Å²) in [7, 11) is 0. The van der Waals surface area contributed by atoms with Crippen molar-refractivity contribution in [2.24, 2.45) is 11.7 Å². The Bertz CT molecular complexity index is 462. The first-order valence-electron chi connectivity index (χ1n) is 6.36. The van der Waals surface area contributed by atoms with Gasteiger partial charge in [-0.1, -0.05) is 37.3 Å². The number of aliphatic carboxylic acids is 1. The second-order valence-corrected chi connectivity index (χ2v) is 4.79. The van der Waals surface area contributed by atoms with Crippen molar-refractivity contribution in [1.29, 1.82) is 0 Å². The average Bonchev–Trinajstić information content (AvgIpc) is 2.43. The number of carboxylic acids is 1. The summed E-state index contributed by atoms with van der Waals surface area (Å²) in [4.78, 5) is 22.9.